The number of aliphatic carboxylic acids is 1. The number of nitrogens with zero attached hydrogens (tertiary/aromatic N) is 1. The van der Waals surface area contributed by atoms with E-state index in [-0.39, 0.29) is 24.8 Å². The Balaban J connectivity index is 1.81. The first-order chi connectivity index (χ1) is 10.1. The third kappa shape index (κ3) is 4.04. The molecular formula is C14H18N2O4S. The first kappa shape index (κ1) is 15.5. The van der Waals surface area contributed by atoms with Gasteiger partial charge in [0.15, 0.2) is 0 Å². The molecule has 7 heteroatoms. The summed E-state index contributed by atoms with van der Waals surface area (Å²) in [5.41, 5.74) is 0.578. The fraction of sp³-hybridized carbons (Fsp3) is 0.500. The quantitative estimate of drug-likeness (QED) is 0.859. The lowest BCUT2D eigenvalue weighted by Crippen LogP contribution is -2.48. The molecule has 2 rings (SSSR count). The molecule has 0 saturated carbocycles. The maximum Gasteiger partial charge on any atom is 0.326 e. The molecule has 1 aliphatic rings. The standard InChI is InChI=1S/C14H18N2O4S/c17-12(16-7-2-1-3-11(16)14(19)20)4-6-15-13(18)10-5-8-21-9-10/h5,8-9,11H,1-4,6-7H2,(H,15,18)(H,19,20). The van der Waals surface area contributed by atoms with Crippen molar-refractivity contribution in [1.29, 1.82) is 0 Å². The second-order valence-electron chi connectivity index (χ2n) is 4.95. The lowest BCUT2D eigenvalue weighted by Gasteiger charge is -2.33. The molecule has 1 fully saturated rings. The monoisotopic (exact) mass is 310 g/mol. The zero-order valence-electron chi connectivity index (χ0n) is 11.6. The van der Waals surface area contributed by atoms with Crippen molar-refractivity contribution in [3.05, 3.63) is 22.4 Å². The SMILES string of the molecule is O=C(NCCC(=O)N1CCCCC1C(=O)O)c1ccsc1. The number of thiophene rings is 1. The van der Waals surface area contributed by atoms with E-state index < -0.39 is 12.0 Å². The number of nitrogens with one attached hydrogen (secondary N) is 1. The van der Waals surface area contributed by atoms with Crippen LogP contribution in [0, 0.1) is 0 Å². The second kappa shape index (κ2) is 7.21. The maximum atomic E-state index is 12.1. The van der Waals surface area contributed by atoms with Gasteiger partial charge in [-0.15, -0.1) is 0 Å². The summed E-state index contributed by atoms with van der Waals surface area (Å²) in [6.07, 6.45) is 2.29. The van der Waals surface area contributed by atoms with Crippen LogP contribution >= 0.6 is 11.3 Å². The van der Waals surface area contributed by atoms with E-state index in [1.165, 1.54) is 16.2 Å². The number of hydrogen-bond acceptors (Lipinski definition) is 4. The van der Waals surface area contributed by atoms with E-state index in [1.54, 1.807) is 11.4 Å². The van der Waals surface area contributed by atoms with Crippen molar-refractivity contribution >= 4 is 29.1 Å². The average molecular weight is 310 g/mol. The minimum atomic E-state index is -0.953. The number of rotatable bonds is 5. The molecule has 1 aliphatic heterocycles. The third-order valence-electron chi connectivity index (χ3n) is 3.52. The Hall–Kier alpha value is -1.89. The van der Waals surface area contributed by atoms with Crippen molar-refractivity contribution in [2.75, 3.05) is 13.1 Å². The van der Waals surface area contributed by atoms with Crippen LogP contribution < -0.4 is 5.32 Å². The summed E-state index contributed by atoms with van der Waals surface area (Å²) in [7, 11) is 0. The topological polar surface area (TPSA) is 86.7 Å². The van der Waals surface area contributed by atoms with Gasteiger partial charge < -0.3 is 15.3 Å². The van der Waals surface area contributed by atoms with E-state index in [9.17, 15) is 14.4 Å². The van der Waals surface area contributed by atoms with Gasteiger partial charge in [0.25, 0.3) is 5.91 Å². The molecule has 1 saturated heterocycles. The van der Waals surface area contributed by atoms with Crippen molar-refractivity contribution in [2.45, 2.75) is 31.7 Å². The molecule has 0 aliphatic carbocycles. The van der Waals surface area contributed by atoms with Crippen LogP contribution in [0.5, 0.6) is 0 Å². The summed E-state index contributed by atoms with van der Waals surface area (Å²) in [5, 5.41) is 15.4. The molecular weight excluding hydrogens is 292 g/mol. The van der Waals surface area contributed by atoms with Gasteiger partial charge in [-0.3, -0.25) is 9.59 Å². The highest BCUT2D eigenvalue weighted by molar-refractivity contribution is 7.08. The fourth-order valence-electron chi connectivity index (χ4n) is 2.41. The Kier molecular flexibility index (Phi) is 5.32. The fourth-order valence-corrected chi connectivity index (χ4v) is 3.05. The first-order valence-corrected chi connectivity index (χ1v) is 7.86. The molecule has 114 valence electrons. The van der Waals surface area contributed by atoms with Gasteiger partial charge in [-0.25, -0.2) is 4.79 Å². The summed E-state index contributed by atoms with van der Waals surface area (Å²) < 4.78 is 0. The minimum Gasteiger partial charge on any atom is -0.480 e. The number of carbonyl (C=O) groups is 3. The molecule has 6 nitrogen and oxygen atoms in total. The van der Waals surface area contributed by atoms with Crippen LogP contribution in [0.3, 0.4) is 0 Å². The van der Waals surface area contributed by atoms with Crippen LogP contribution in [0.4, 0.5) is 0 Å². The largest absolute Gasteiger partial charge is 0.480 e. The predicted octanol–water partition coefficient (Wildman–Crippen LogP) is 1.33. The van der Waals surface area contributed by atoms with Gasteiger partial charge >= 0.3 is 5.97 Å². The maximum absolute atomic E-state index is 12.1. The van der Waals surface area contributed by atoms with E-state index in [0.717, 1.165) is 12.8 Å². The van der Waals surface area contributed by atoms with Crippen molar-refractivity contribution in [3.8, 4) is 0 Å². The molecule has 2 amide bonds. The zero-order valence-corrected chi connectivity index (χ0v) is 12.4. The van der Waals surface area contributed by atoms with Crippen molar-refractivity contribution in [2.24, 2.45) is 0 Å². The Morgan fingerprint density at radius 1 is 1.38 bits per heavy atom. The Labute approximate surface area is 126 Å². The summed E-state index contributed by atoms with van der Waals surface area (Å²) in [6.45, 7) is 0.699. The first-order valence-electron chi connectivity index (χ1n) is 6.92. The number of carbonyl (C=O) groups excluding carboxylic acids is 2. The molecule has 0 bridgehead atoms. The van der Waals surface area contributed by atoms with Gasteiger partial charge in [0.1, 0.15) is 6.04 Å². The zero-order chi connectivity index (χ0) is 15.2. The number of amides is 2. The van der Waals surface area contributed by atoms with E-state index in [1.807, 2.05) is 5.38 Å². The van der Waals surface area contributed by atoms with E-state index in [4.69, 9.17) is 5.11 Å². The highest BCUT2D eigenvalue weighted by atomic mass is 32.1. The second-order valence-corrected chi connectivity index (χ2v) is 5.73. The predicted molar refractivity (Wildman–Crippen MR) is 78.3 cm³/mol. The highest BCUT2D eigenvalue weighted by Crippen LogP contribution is 2.18. The van der Waals surface area contributed by atoms with Gasteiger partial charge in [0.2, 0.25) is 5.91 Å². The van der Waals surface area contributed by atoms with Crippen LogP contribution in [0.1, 0.15) is 36.0 Å². The summed E-state index contributed by atoms with van der Waals surface area (Å²) in [4.78, 5) is 36.4. The van der Waals surface area contributed by atoms with Crippen LogP contribution in [-0.4, -0.2) is 46.9 Å². The third-order valence-corrected chi connectivity index (χ3v) is 4.20. The minimum absolute atomic E-state index is 0.125. The molecule has 0 radical (unpaired) electrons. The van der Waals surface area contributed by atoms with E-state index in [0.29, 0.717) is 18.5 Å². The van der Waals surface area contributed by atoms with E-state index in [2.05, 4.69) is 5.32 Å². The number of likely N-dealkylation sites (tertiary alicyclic amines) is 1. The average Bonchev–Trinajstić information content (AvgIpc) is 3.01. The summed E-state index contributed by atoms with van der Waals surface area (Å²) >= 11 is 1.43. The van der Waals surface area contributed by atoms with Crippen LogP contribution in [0.2, 0.25) is 0 Å². The van der Waals surface area contributed by atoms with Crippen molar-refractivity contribution < 1.29 is 19.5 Å². The number of carboxylic acid groups (broad SMARTS) is 1. The van der Waals surface area contributed by atoms with Gasteiger partial charge in [-0.05, 0) is 30.7 Å². The number of carboxylic acids is 1. The smallest absolute Gasteiger partial charge is 0.326 e. The molecule has 1 unspecified atom stereocenters. The molecule has 21 heavy (non-hydrogen) atoms. The molecule has 0 aromatic carbocycles. The Morgan fingerprint density at radius 2 is 2.19 bits per heavy atom. The van der Waals surface area contributed by atoms with Crippen molar-refractivity contribution in [1.82, 2.24) is 10.2 Å². The molecule has 1 aromatic heterocycles. The lowest BCUT2D eigenvalue weighted by atomic mass is 10.0. The molecule has 1 atom stereocenters. The van der Waals surface area contributed by atoms with Crippen LogP contribution in [0.15, 0.2) is 16.8 Å². The van der Waals surface area contributed by atoms with Gasteiger partial charge in [-0.2, -0.15) is 11.3 Å². The van der Waals surface area contributed by atoms with Crippen LogP contribution in [0.25, 0.3) is 0 Å². The molecule has 1 aromatic rings. The van der Waals surface area contributed by atoms with E-state index >= 15 is 0 Å². The number of piperidine rings is 1. The van der Waals surface area contributed by atoms with Gasteiger partial charge in [0, 0.05) is 30.5 Å². The van der Waals surface area contributed by atoms with Gasteiger partial charge in [0.05, 0.1) is 0 Å². The summed E-state index contributed by atoms with van der Waals surface area (Å²) in [5.74, 6) is -1.38. The Bertz CT molecular complexity index is 515. The van der Waals surface area contributed by atoms with Crippen LogP contribution in [-0.2, 0) is 9.59 Å². The highest BCUT2D eigenvalue weighted by Gasteiger charge is 2.31. The number of hydrogen-bond donors (Lipinski definition) is 2. The van der Waals surface area contributed by atoms with Crippen molar-refractivity contribution in [3.63, 3.8) is 0 Å². The molecule has 2 N–H and O–H groups in total. The van der Waals surface area contributed by atoms with Gasteiger partial charge in [-0.1, -0.05) is 0 Å². The molecule has 2 heterocycles. The Morgan fingerprint density at radius 3 is 2.86 bits per heavy atom. The summed E-state index contributed by atoms with van der Waals surface area (Å²) in [6, 6.07) is 0.992. The molecule has 0 spiro atoms. The lowest BCUT2D eigenvalue weighted by molar-refractivity contribution is -0.152. The normalized spacial score (nSPS) is 18.3.